The molecule has 0 fully saturated rings. The smallest absolute Gasteiger partial charge is 0.0468 e. The minimum Gasteiger partial charge on any atom is -0.329 e. The summed E-state index contributed by atoms with van der Waals surface area (Å²) in [5, 5.41) is 0.795. The Morgan fingerprint density at radius 3 is 2.71 bits per heavy atom. The van der Waals surface area contributed by atoms with Gasteiger partial charge in [0.25, 0.3) is 0 Å². The molecule has 1 unspecified atom stereocenters. The van der Waals surface area contributed by atoms with Gasteiger partial charge in [-0.2, -0.15) is 0 Å². The molecule has 3 nitrogen and oxygen atoms in total. The lowest BCUT2D eigenvalue weighted by molar-refractivity contribution is 0.252. The monoisotopic (exact) mass is 303 g/mol. The molecule has 2 rings (SSSR count). The molecule has 0 aliphatic carbocycles. The number of pyridine rings is 1. The summed E-state index contributed by atoms with van der Waals surface area (Å²) in [4.78, 5) is 6.61. The van der Waals surface area contributed by atoms with Gasteiger partial charge in [0.05, 0.1) is 0 Å². The fourth-order valence-corrected chi connectivity index (χ4v) is 2.57. The third-order valence-corrected chi connectivity index (χ3v) is 4.19. The zero-order valence-electron chi connectivity index (χ0n) is 12.6. The Balaban J connectivity index is 2.04. The van der Waals surface area contributed by atoms with Gasteiger partial charge >= 0.3 is 0 Å². The number of halogens is 1. The number of hydrogen-bond acceptors (Lipinski definition) is 3. The second-order valence-corrected chi connectivity index (χ2v) is 5.72. The minimum atomic E-state index is 0.173. The topological polar surface area (TPSA) is 42.1 Å². The summed E-state index contributed by atoms with van der Waals surface area (Å²) in [6.07, 6.45) is 2.74. The molecule has 1 aromatic carbocycles. The van der Waals surface area contributed by atoms with E-state index in [2.05, 4.69) is 23.0 Å². The van der Waals surface area contributed by atoms with Crippen LogP contribution in [0.5, 0.6) is 0 Å². The van der Waals surface area contributed by atoms with E-state index in [4.69, 9.17) is 17.3 Å². The largest absolute Gasteiger partial charge is 0.329 e. The summed E-state index contributed by atoms with van der Waals surface area (Å²) >= 11 is 6.22. The molecule has 21 heavy (non-hydrogen) atoms. The van der Waals surface area contributed by atoms with Gasteiger partial charge in [0.15, 0.2) is 0 Å². The van der Waals surface area contributed by atoms with E-state index in [1.54, 1.807) is 0 Å². The van der Waals surface area contributed by atoms with Crippen molar-refractivity contribution in [3.8, 4) is 0 Å². The highest BCUT2D eigenvalue weighted by Crippen LogP contribution is 2.24. The number of nitrogens with zero attached hydrogens (tertiary/aromatic N) is 2. The molecule has 1 aromatic heterocycles. The van der Waals surface area contributed by atoms with Gasteiger partial charge in [-0.25, -0.2) is 0 Å². The molecule has 0 aliphatic heterocycles. The van der Waals surface area contributed by atoms with E-state index in [0.717, 1.165) is 34.8 Å². The number of rotatable bonds is 6. The third kappa shape index (κ3) is 4.27. The van der Waals surface area contributed by atoms with E-state index in [-0.39, 0.29) is 6.04 Å². The quantitative estimate of drug-likeness (QED) is 0.891. The highest BCUT2D eigenvalue weighted by atomic mass is 35.5. The predicted molar refractivity (Wildman–Crippen MR) is 88.6 cm³/mol. The van der Waals surface area contributed by atoms with Crippen LogP contribution in [0, 0.1) is 6.92 Å². The molecule has 1 atom stereocenters. The second kappa shape index (κ2) is 7.55. The Kier molecular flexibility index (Phi) is 5.74. The molecule has 0 saturated carbocycles. The number of hydrogen-bond donors (Lipinski definition) is 1. The van der Waals surface area contributed by atoms with Crippen molar-refractivity contribution in [1.82, 2.24) is 9.88 Å². The minimum absolute atomic E-state index is 0.173. The molecule has 0 spiro atoms. The Morgan fingerprint density at radius 2 is 2.10 bits per heavy atom. The van der Waals surface area contributed by atoms with E-state index < -0.39 is 0 Å². The SMILES string of the molecule is Cc1ccc(C(CN)N(C)CCc2ccccn2)cc1Cl. The maximum Gasteiger partial charge on any atom is 0.0468 e. The van der Waals surface area contributed by atoms with Gasteiger partial charge in [0, 0.05) is 42.5 Å². The summed E-state index contributed by atoms with van der Waals surface area (Å²) < 4.78 is 0. The van der Waals surface area contributed by atoms with Crippen molar-refractivity contribution in [2.75, 3.05) is 20.1 Å². The fourth-order valence-electron chi connectivity index (χ4n) is 2.38. The molecule has 0 bridgehead atoms. The highest BCUT2D eigenvalue weighted by Gasteiger charge is 2.16. The lowest BCUT2D eigenvalue weighted by atomic mass is 10.0. The summed E-state index contributed by atoms with van der Waals surface area (Å²) in [6.45, 7) is 3.48. The van der Waals surface area contributed by atoms with Crippen LogP contribution in [0.15, 0.2) is 42.6 Å². The zero-order chi connectivity index (χ0) is 15.2. The molecular formula is C17H22ClN3. The Morgan fingerprint density at radius 1 is 1.29 bits per heavy atom. The van der Waals surface area contributed by atoms with Crippen LogP contribution in [-0.4, -0.2) is 30.0 Å². The lowest BCUT2D eigenvalue weighted by Gasteiger charge is -2.27. The van der Waals surface area contributed by atoms with Gasteiger partial charge in [-0.1, -0.05) is 29.8 Å². The van der Waals surface area contributed by atoms with Crippen LogP contribution in [0.1, 0.15) is 22.9 Å². The number of likely N-dealkylation sites (N-methyl/N-ethyl adjacent to an activating group) is 1. The van der Waals surface area contributed by atoms with Gasteiger partial charge < -0.3 is 5.73 Å². The number of benzene rings is 1. The van der Waals surface area contributed by atoms with E-state index in [1.807, 2.05) is 43.5 Å². The van der Waals surface area contributed by atoms with E-state index >= 15 is 0 Å². The van der Waals surface area contributed by atoms with Crippen LogP contribution in [0.3, 0.4) is 0 Å². The molecular weight excluding hydrogens is 282 g/mol. The number of nitrogens with two attached hydrogens (primary N) is 1. The average Bonchev–Trinajstić information content (AvgIpc) is 2.50. The third-order valence-electron chi connectivity index (χ3n) is 3.78. The van der Waals surface area contributed by atoms with Gasteiger partial charge in [-0.15, -0.1) is 0 Å². The molecule has 112 valence electrons. The Bertz CT molecular complexity index is 572. The van der Waals surface area contributed by atoms with E-state index in [9.17, 15) is 0 Å². The summed E-state index contributed by atoms with van der Waals surface area (Å²) in [7, 11) is 2.09. The Labute approximate surface area is 131 Å². The molecule has 0 amide bonds. The van der Waals surface area contributed by atoms with Crippen molar-refractivity contribution in [2.24, 2.45) is 5.73 Å². The molecule has 0 radical (unpaired) electrons. The standard InChI is InChI=1S/C17H22ClN3/c1-13-6-7-14(11-16(13)18)17(12-19)21(2)10-8-15-5-3-4-9-20-15/h3-7,9,11,17H,8,10,12,19H2,1-2H3. The zero-order valence-corrected chi connectivity index (χ0v) is 13.3. The fraction of sp³-hybridized carbons (Fsp3) is 0.353. The summed E-state index contributed by atoms with van der Waals surface area (Å²) in [5.41, 5.74) is 9.32. The van der Waals surface area contributed by atoms with Crippen LogP contribution in [-0.2, 0) is 6.42 Å². The van der Waals surface area contributed by atoms with Crippen LogP contribution in [0.25, 0.3) is 0 Å². The number of aromatic nitrogens is 1. The summed E-state index contributed by atoms with van der Waals surface area (Å²) in [5.74, 6) is 0. The van der Waals surface area contributed by atoms with Crippen molar-refractivity contribution < 1.29 is 0 Å². The van der Waals surface area contributed by atoms with Crippen LogP contribution in [0.4, 0.5) is 0 Å². The first kappa shape index (κ1) is 16.0. The summed E-state index contributed by atoms with van der Waals surface area (Å²) in [6, 6.07) is 12.3. The van der Waals surface area contributed by atoms with Crippen LogP contribution in [0.2, 0.25) is 5.02 Å². The lowest BCUT2D eigenvalue weighted by Crippen LogP contribution is -2.32. The predicted octanol–water partition coefficient (Wildman–Crippen LogP) is 3.22. The van der Waals surface area contributed by atoms with Crippen molar-refractivity contribution in [1.29, 1.82) is 0 Å². The first-order valence-electron chi connectivity index (χ1n) is 7.18. The highest BCUT2D eigenvalue weighted by molar-refractivity contribution is 6.31. The molecule has 2 aromatic rings. The van der Waals surface area contributed by atoms with E-state index in [1.165, 1.54) is 0 Å². The number of aryl methyl sites for hydroxylation is 1. The Hall–Kier alpha value is -1.42. The van der Waals surface area contributed by atoms with Crippen LogP contribution < -0.4 is 5.73 Å². The van der Waals surface area contributed by atoms with E-state index in [0.29, 0.717) is 6.54 Å². The molecule has 2 N–H and O–H groups in total. The first-order valence-corrected chi connectivity index (χ1v) is 7.56. The molecule has 0 saturated heterocycles. The van der Waals surface area contributed by atoms with Crippen molar-refractivity contribution in [3.05, 3.63) is 64.4 Å². The van der Waals surface area contributed by atoms with Crippen molar-refractivity contribution in [3.63, 3.8) is 0 Å². The van der Waals surface area contributed by atoms with Gasteiger partial charge in [0.1, 0.15) is 0 Å². The molecule has 0 aliphatic rings. The second-order valence-electron chi connectivity index (χ2n) is 5.31. The first-order chi connectivity index (χ1) is 10.1. The van der Waals surface area contributed by atoms with Gasteiger partial charge in [-0.05, 0) is 43.3 Å². The van der Waals surface area contributed by atoms with Gasteiger partial charge in [0.2, 0.25) is 0 Å². The normalized spacial score (nSPS) is 12.6. The maximum atomic E-state index is 6.22. The van der Waals surface area contributed by atoms with Crippen molar-refractivity contribution in [2.45, 2.75) is 19.4 Å². The van der Waals surface area contributed by atoms with Crippen LogP contribution >= 0.6 is 11.6 Å². The average molecular weight is 304 g/mol. The molecule has 1 heterocycles. The van der Waals surface area contributed by atoms with Crippen molar-refractivity contribution >= 4 is 11.6 Å². The van der Waals surface area contributed by atoms with Gasteiger partial charge in [-0.3, -0.25) is 9.88 Å². The maximum absolute atomic E-state index is 6.22. The molecule has 4 heteroatoms.